The number of rotatable bonds is 5. The number of nitrogens with zero attached hydrogens (tertiary/aromatic N) is 1. The smallest absolute Gasteiger partial charge is 0.253 e. The molecule has 1 aromatic rings. The van der Waals surface area contributed by atoms with Crippen molar-refractivity contribution in [1.82, 2.24) is 4.90 Å². The number of amides is 1. The third kappa shape index (κ3) is 3.98. The zero-order chi connectivity index (χ0) is 14.6. The molecule has 3 nitrogen and oxygen atoms in total. The fourth-order valence-electron chi connectivity index (χ4n) is 2.32. The van der Waals surface area contributed by atoms with Crippen molar-refractivity contribution < 1.29 is 4.79 Å². The van der Waals surface area contributed by atoms with Crippen LogP contribution in [-0.2, 0) is 0 Å². The second kappa shape index (κ2) is 6.60. The predicted octanol–water partition coefficient (Wildman–Crippen LogP) is 3.54. The Hall–Kier alpha value is -1.51. The number of aryl methyl sites for hydroxylation is 1. The van der Waals surface area contributed by atoms with Gasteiger partial charge in [0.1, 0.15) is 0 Å². The van der Waals surface area contributed by atoms with E-state index >= 15 is 0 Å². The van der Waals surface area contributed by atoms with E-state index in [4.69, 9.17) is 0 Å². The lowest BCUT2D eigenvalue weighted by Gasteiger charge is -2.26. The van der Waals surface area contributed by atoms with Gasteiger partial charge in [0, 0.05) is 31.4 Å². The number of hydrogen-bond donors (Lipinski definition) is 1. The molecular weight excluding hydrogens is 236 g/mol. The quantitative estimate of drug-likeness (QED) is 0.880. The van der Waals surface area contributed by atoms with E-state index in [0.29, 0.717) is 5.92 Å². The van der Waals surface area contributed by atoms with Crippen molar-refractivity contribution in [2.45, 2.75) is 40.2 Å². The fourth-order valence-corrected chi connectivity index (χ4v) is 2.32. The number of anilines is 1. The molecule has 0 heterocycles. The number of carbonyl (C=O) groups is 1. The van der Waals surface area contributed by atoms with Crippen LogP contribution in [0.5, 0.6) is 0 Å². The van der Waals surface area contributed by atoms with E-state index in [1.54, 1.807) is 0 Å². The van der Waals surface area contributed by atoms with Gasteiger partial charge in [0.25, 0.3) is 5.91 Å². The minimum atomic E-state index is 0.0962. The Morgan fingerprint density at radius 2 is 1.95 bits per heavy atom. The summed E-state index contributed by atoms with van der Waals surface area (Å²) < 4.78 is 0. The van der Waals surface area contributed by atoms with Crippen molar-refractivity contribution >= 4 is 11.6 Å². The summed E-state index contributed by atoms with van der Waals surface area (Å²) >= 11 is 0. The lowest BCUT2D eigenvalue weighted by atomic mass is 10.0. The zero-order valence-electron chi connectivity index (χ0n) is 12.9. The molecule has 0 radical (unpaired) electrons. The molecule has 0 aliphatic carbocycles. The summed E-state index contributed by atoms with van der Waals surface area (Å²) in [6.45, 7) is 8.48. The van der Waals surface area contributed by atoms with Crippen LogP contribution in [0.4, 0.5) is 5.69 Å². The van der Waals surface area contributed by atoms with E-state index < -0.39 is 0 Å². The molecule has 19 heavy (non-hydrogen) atoms. The SMILES string of the molecule is CNc1ccc(C(=O)N(C)C(C)CC(C)C)cc1C. The van der Waals surface area contributed by atoms with Gasteiger partial charge >= 0.3 is 0 Å². The minimum absolute atomic E-state index is 0.0962. The van der Waals surface area contributed by atoms with Crippen LogP contribution in [-0.4, -0.2) is 30.9 Å². The molecule has 0 fully saturated rings. The summed E-state index contributed by atoms with van der Waals surface area (Å²) in [5, 5.41) is 3.11. The monoisotopic (exact) mass is 262 g/mol. The van der Waals surface area contributed by atoms with Crippen molar-refractivity contribution in [3.8, 4) is 0 Å². The summed E-state index contributed by atoms with van der Waals surface area (Å²) in [6, 6.07) is 6.06. The van der Waals surface area contributed by atoms with Crippen LogP contribution in [0.3, 0.4) is 0 Å². The fraction of sp³-hybridized carbons (Fsp3) is 0.562. The Kier molecular flexibility index (Phi) is 5.40. The molecular formula is C16H26N2O. The van der Waals surface area contributed by atoms with E-state index in [0.717, 1.165) is 23.2 Å². The highest BCUT2D eigenvalue weighted by atomic mass is 16.2. The van der Waals surface area contributed by atoms with E-state index in [1.165, 1.54) is 0 Å². The van der Waals surface area contributed by atoms with Crippen molar-refractivity contribution in [2.24, 2.45) is 5.92 Å². The maximum Gasteiger partial charge on any atom is 0.253 e. The molecule has 106 valence electrons. The first-order chi connectivity index (χ1) is 8.86. The van der Waals surface area contributed by atoms with Crippen molar-refractivity contribution in [3.63, 3.8) is 0 Å². The number of nitrogens with one attached hydrogen (secondary N) is 1. The van der Waals surface area contributed by atoms with Gasteiger partial charge in [-0.2, -0.15) is 0 Å². The van der Waals surface area contributed by atoms with Gasteiger partial charge in [-0.3, -0.25) is 4.79 Å². The van der Waals surface area contributed by atoms with Gasteiger partial charge in [0.15, 0.2) is 0 Å². The van der Waals surface area contributed by atoms with Gasteiger partial charge < -0.3 is 10.2 Å². The first-order valence-electron chi connectivity index (χ1n) is 6.92. The summed E-state index contributed by atoms with van der Waals surface area (Å²) in [5.74, 6) is 0.692. The first kappa shape index (κ1) is 15.5. The Labute approximate surface area is 117 Å². The second-order valence-electron chi connectivity index (χ2n) is 5.67. The summed E-state index contributed by atoms with van der Waals surface area (Å²) in [6.07, 6.45) is 1.02. The van der Waals surface area contributed by atoms with Crippen LogP contribution in [0.25, 0.3) is 0 Å². The molecule has 0 saturated carbocycles. The van der Waals surface area contributed by atoms with Gasteiger partial charge in [0.2, 0.25) is 0 Å². The maximum absolute atomic E-state index is 12.4. The average Bonchev–Trinajstić information content (AvgIpc) is 2.36. The van der Waals surface area contributed by atoms with E-state index in [-0.39, 0.29) is 11.9 Å². The molecule has 0 bridgehead atoms. The third-order valence-electron chi connectivity index (χ3n) is 3.54. The van der Waals surface area contributed by atoms with Crippen LogP contribution >= 0.6 is 0 Å². The molecule has 1 rings (SSSR count). The highest BCUT2D eigenvalue weighted by Crippen LogP contribution is 2.18. The molecule has 0 aromatic heterocycles. The highest BCUT2D eigenvalue weighted by Gasteiger charge is 2.18. The molecule has 0 aliphatic heterocycles. The van der Waals surface area contributed by atoms with Crippen LogP contribution in [0.1, 0.15) is 43.1 Å². The zero-order valence-corrected chi connectivity index (χ0v) is 12.9. The molecule has 1 N–H and O–H groups in total. The van der Waals surface area contributed by atoms with Gasteiger partial charge in [-0.15, -0.1) is 0 Å². The Morgan fingerprint density at radius 1 is 1.32 bits per heavy atom. The number of benzene rings is 1. The van der Waals surface area contributed by atoms with Gasteiger partial charge in [0.05, 0.1) is 0 Å². The Bertz CT molecular complexity index is 440. The predicted molar refractivity (Wildman–Crippen MR) is 81.7 cm³/mol. The largest absolute Gasteiger partial charge is 0.388 e. The van der Waals surface area contributed by atoms with Crippen molar-refractivity contribution in [1.29, 1.82) is 0 Å². The van der Waals surface area contributed by atoms with Crippen LogP contribution < -0.4 is 5.32 Å². The summed E-state index contributed by atoms with van der Waals surface area (Å²) in [7, 11) is 3.78. The minimum Gasteiger partial charge on any atom is -0.388 e. The molecule has 1 unspecified atom stereocenters. The summed E-state index contributed by atoms with van der Waals surface area (Å²) in [4.78, 5) is 14.3. The van der Waals surface area contributed by atoms with Gasteiger partial charge in [-0.25, -0.2) is 0 Å². The molecule has 1 aromatic carbocycles. The van der Waals surface area contributed by atoms with Gasteiger partial charge in [-0.05, 0) is 49.9 Å². The van der Waals surface area contributed by atoms with E-state index in [1.807, 2.05) is 44.1 Å². The molecule has 1 amide bonds. The Balaban J connectivity index is 2.85. The lowest BCUT2D eigenvalue weighted by molar-refractivity contribution is 0.0728. The van der Waals surface area contributed by atoms with Crippen LogP contribution in [0.15, 0.2) is 18.2 Å². The molecule has 0 saturated heterocycles. The van der Waals surface area contributed by atoms with Crippen LogP contribution in [0.2, 0.25) is 0 Å². The third-order valence-corrected chi connectivity index (χ3v) is 3.54. The lowest BCUT2D eigenvalue weighted by Crippen LogP contribution is -2.35. The second-order valence-corrected chi connectivity index (χ2v) is 5.67. The normalized spacial score (nSPS) is 12.4. The molecule has 0 aliphatic rings. The van der Waals surface area contributed by atoms with E-state index in [2.05, 4.69) is 26.1 Å². The van der Waals surface area contributed by atoms with Crippen molar-refractivity contribution in [2.75, 3.05) is 19.4 Å². The Morgan fingerprint density at radius 3 is 2.42 bits per heavy atom. The summed E-state index contributed by atoms with van der Waals surface area (Å²) in [5.41, 5.74) is 2.92. The topological polar surface area (TPSA) is 32.3 Å². The van der Waals surface area contributed by atoms with Crippen LogP contribution in [0, 0.1) is 12.8 Å². The maximum atomic E-state index is 12.4. The molecule has 1 atom stereocenters. The molecule has 0 spiro atoms. The highest BCUT2D eigenvalue weighted by molar-refractivity contribution is 5.95. The number of hydrogen-bond acceptors (Lipinski definition) is 2. The van der Waals surface area contributed by atoms with Crippen molar-refractivity contribution in [3.05, 3.63) is 29.3 Å². The molecule has 3 heteroatoms. The standard InChI is InChI=1S/C16H26N2O/c1-11(2)9-13(4)18(6)16(19)14-7-8-15(17-5)12(3)10-14/h7-8,10-11,13,17H,9H2,1-6H3. The van der Waals surface area contributed by atoms with Gasteiger partial charge in [-0.1, -0.05) is 13.8 Å². The average molecular weight is 262 g/mol. The number of carbonyl (C=O) groups excluding carboxylic acids is 1. The first-order valence-corrected chi connectivity index (χ1v) is 6.92. The van der Waals surface area contributed by atoms with E-state index in [9.17, 15) is 4.79 Å².